The Balaban J connectivity index is 1.91. The highest BCUT2D eigenvalue weighted by Gasteiger charge is 2.17. The van der Waals surface area contributed by atoms with E-state index in [0.717, 1.165) is 25.7 Å². The van der Waals surface area contributed by atoms with Gasteiger partial charge in [-0.2, -0.15) is 0 Å². The zero-order chi connectivity index (χ0) is 14.5. The average Bonchev–Trinajstić information content (AvgIpc) is 2.90. The summed E-state index contributed by atoms with van der Waals surface area (Å²) in [6.45, 7) is 6.02. The van der Waals surface area contributed by atoms with Gasteiger partial charge in [0.2, 0.25) is 0 Å². The first-order chi connectivity index (χ1) is 9.56. The predicted octanol–water partition coefficient (Wildman–Crippen LogP) is 2.88. The van der Waals surface area contributed by atoms with Crippen LogP contribution in [0.1, 0.15) is 19.8 Å². The maximum atomic E-state index is 13.0. The van der Waals surface area contributed by atoms with Crippen molar-refractivity contribution in [1.29, 1.82) is 0 Å². The monoisotopic (exact) mass is 281 g/mol. The lowest BCUT2D eigenvalue weighted by atomic mass is 10.1. The minimum Gasteiger partial charge on any atom is -0.379 e. The molecule has 0 aromatic heterocycles. The maximum absolute atomic E-state index is 13.0. The molecule has 1 aromatic carbocycles. The summed E-state index contributed by atoms with van der Waals surface area (Å²) in [5, 5.41) is 13.9. The summed E-state index contributed by atoms with van der Waals surface area (Å²) in [5.41, 5.74) is 0.169. The smallest absolute Gasteiger partial charge is 0.295 e. The first-order valence-corrected chi connectivity index (χ1v) is 6.96. The van der Waals surface area contributed by atoms with Crippen molar-refractivity contribution in [1.82, 2.24) is 4.90 Å². The molecule has 0 amide bonds. The summed E-state index contributed by atoms with van der Waals surface area (Å²) in [6, 6.07) is 3.62. The minimum absolute atomic E-state index is 0.210. The lowest BCUT2D eigenvalue weighted by Gasteiger charge is -2.20. The zero-order valence-corrected chi connectivity index (χ0v) is 11.6. The normalized spacial score (nSPS) is 17.1. The molecule has 6 heteroatoms. The number of nitro benzene ring substituents is 1. The highest BCUT2D eigenvalue weighted by Crippen LogP contribution is 2.25. The molecule has 5 nitrogen and oxygen atoms in total. The Bertz CT molecular complexity index is 475. The molecule has 1 aliphatic rings. The number of rotatable bonds is 6. The molecule has 0 radical (unpaired) electrons. The fourth-order valence-corrected chi connectivity index (χ4v) is 2.56. The molecule has 20 heavy (non-hydrogen) atoms. The van der Waals surface area contributed by atoms with E-state index in [1.54, 1.807) is 0 Å². The Morgan fingerprint density at radius 2 is 2.15 bits per heavy atom. The van der Waals surface area contributed by atoms with Gasteiger partial charge < -0.3 is 10.2 Å². The summed E-state index contributed by atoms with van der Waals surface area (Å²) in [4.78, 5) is 12.7. The molecule has 1 atom stereocenters. The summed E-state index contributed by atoms with van der Waals surface area (Å²) >= 11 is 0. The fraction of sp³-hybridized carbons (Fsp3) is 0.571. The van der Waals surface area contributed by atoms with E-state index in [4.69, 9.17) is 0 Å². The summed E-state index contributed by atoms with van der Waals surface area (Å²) in [6.07, 6.45) is 2.51. The van der Waals surface area contributed by atoms with Gasteiger partial charge in [-0.05, 0) is 44.0 Å². The molecule has 0 bridgehead atoms. The third kappa shape index (κ3) is 3.90. The summed E-state index contributed by atoms with van der Waals surface area (Å²) < 4.78 is 13.0. The summed E-state index contributed by atoms with van der Waals surface area (Å²) in [7, 11) is 0. The maximum Gasteiger partial charge on any atom is 0.295 e. The van der Waals surface area contributed by atoms with Gasteiger partial charge in [0, 0.05) is 13.1 Å². The molecule has 0 spiro atoms. The Hall–Kier alpha value is -1.69. The lowest BCUT2D eigenvalue weighted by molar-refractivity contribution is -0.384. The van der Waals surface area contributed by atoms with E-state index in [1.165, 1.54) is 25.0 Å². The number of anilines is 1. The van der Waals surface area contributed by atoms with Crippen LogP contribution in [0, 0.1) is 21.8 Å². The zero-order valence-electron chi connectivity index (χ0n) is 11.6. The van der Waals surface area contributed by atoms with Crippen LogP contribution in [0.3, 0.4) is 0 Å². The molecule has 2 rings (SSSR count). The number of nitrogens with zero attached hydrogens (tertiary/aromatic N) is 2. The molecule has 1 aliphatic heterocycles. The van der Waals surface area contributed by atoms with Crippen molar-refractivity contribution in [3.05, 3.63) is 34.1 Å². The van der Waals surface area contributed by atoms with Gasteiger partial charge in [-0.15, -0.1) is 0 Å². The highest BCUT2D eigenvalue weighted by atomic mass is 19.1. The van der Waals surface area contributed by atoms with Gasteiger partial charge in [-0.1, -0.05) is 6.92 Å². The quantitative estimate of drug-likeness (QED) is 0.643. The Morgan fingerprint density at radius 1 is 1.45 bits per heavy atom. The standard InChI is InChI=1S/C14H20FN3O2/c1-11(10-17-6-2-3-7-17)9-16-13-5-4-12(15)8-14(13)18(19)20/h4-5,8,11,16H,2-3,6-7,9-10H2,1H3. The van der Waals surface area contributed by atoms with E-state index in [2.05, 4.69) is 17.1 Å². The lowest BCUT2D eigenvalue weighted by Crippen LogP contribution is -2.28. The molecule has 110 valence electrons. The molecule has 1 unspecified atom stereocenters. The second kappa shape index (κ2) is 6.65. The van der Waals surface area contributed by atoms with Crippen molar-refractivity contribution in [3.63, 3.8) is 0 Å². The molecule has 0 saturated carbocycles. The van der Waals surface area contributed by atoms with Gasteiger partial charge in [0.05, 0.1) is 11.0 Å². The van der Waals surface area contributed by atoms with E-state index in [9.17, 15) is 14.5 Å². The van der Waals surface area contributed by atoms with Gasteiger partial charge in [0.1, 0.15) is 11.5 Å². The van der Waals surface area contributed by atoms with Crippen molar-refractivity contribution in [2.75, 3.05) is 31.5 Å². The van der Waals surface area contributed by atoms with Crippen molar-refractivity contribution in [2.24, 2.45) is 5.92 Å². The van der Waals surface area contributed by atoms with Crippen LogP contribution in [0.15, 0.2) is 18.2 Å². The molecular formula is C14H20FN3O2. The molecule has 0 aliphatic carbocycles. The van der Waals surface area contributed by atoms with Crippen molar-refractivity contribution < 1.29 is 9.31 Å². The van der Waals surface area contributed by atoms with Gasteiger partial charge in [-0.25, -0.2) is 4.39 Å². The number of halogens is 1. The van der Waals surface area contributed by atoms with Crippen LogP contribution in [0.5, 0.6) is 0 Å². The number of likely N-dealkylation sites (tertiary alicyclic amines) is 1. The molecule has 1 heterocycles. The fourth-order valence-electron chi connectivity index (χ4n) is 2.56. The summed E-state index contributed by atoms with van der Waals surface area (Å²) in [5.74, 6) is -0.204. The number of hydrogen-bond donors (Lipinski definition) is 1. The minimum atomic E-state index is -0.590. The average molecular weight is 281 g/mol. The van der Waals surface area contributed by atoms with Crippen LogP contribution in [-0.2, 0) is 0 Å². The number of nitro groups is 1. The van der Waals surface area contributed by atoms with Crippen molar-refractivity contribution >= 4 is 11.4 Å². The number of hydrogen-bond acceptors (Lipinski definition) is 4. The number of nitrogens with one attached hydrogen (secondary N) is 1. The molecule has 1 aromatic rings. The topological polar surface area (TPSA) is 58.4 Å². The Kier molecular flexibility index (Phi) is 4.89. The van der Waals surface area contributed by atoms with Crippen LogP contribution in [0.2, 0.25) is 0 Å². The van der Waals surface area contributed by atoms with E-state index in [0.29, 0.717) is 18.2 Å². The van der Waals surface area contributed by atoms with E-state index < -0.39 is 10.7 Å². The van der Waals surface area contributed by atoms with E-state index in [1.807, 2.05) is 0 Å². The largest absolute Gasteiger partial charge is 0.379 e. The van der Waals surface area contributed by atoms with Crippen LogP contribution in [0.25, 0.3) is 0 Å². The second-order valence-corrected chi connectivity index (χ2v) is 5.41. The van der Waals surface area contributed by atoms with Gasteiger partial charge in [-0.3, -0.25) is 10.1 Å². The van der Waals surface area contributed by atoms with Gasteiger partial charge in [0.15, 0.2) is 0 Å². The molecule has 1 saturated heterocycles. The SMILES string of the molecule is CC(CNc1ccc(F)cc1[N+](=O)[O-])CN1CCCC1. The Morgan fingerprint density at radius 3 is 2.80 bits per heavy atom. The van der Waals surface area contributed by atoms with Crippen LogP contribution >= 0.6 is 0 Å². The third-order valence-corrected chi connectivity index (χ3v) is 3.57. The second-order valence-electron chi connectivity index (χ2n) is 5.41. The van der Waals surface area contributed by atoms with Crippen LogP contribution < -0.4 is 5.32 Å². The predicted molar refractivity (Wildman–Crippen MR) is 76.4 cm³/mol. The molecule has 1 fully saturated rings. The van der Waals surface area contributed by atoms with Crippen LogP contribution in [-0.4, -0.2) is 36.0 Å². The van der Waals surface area contributed by atoms with Crippen molar-refractivity contribution in [3.8, 4) is 0 Å². The third-order valence-electron chi connectivity index (χ3n) is 3.57. The van der Waals surface area contributed by atoms with Crippen molar-refractivity contribution in [2.45, 2.75) is 19.8 Å². The highest BCUT2D eigenvalue weighted by molar-refractivity contribution is 5.61. The van der Waals surface area contributed by atoms with E-state index >= 15 is 0 Å². The molecule has 1 N–H and O–H groups in total. The molecular weight excluding hydrogens is 261 g/mol. The van der Waals surface area contributed by atoms with Gasteiger partial charge >= 0.3 is 0 Å². The number of benzene rings is 1. The van der Waals surface area contributed by atoms with Crippen LogP contribution in [0.4, 0.5) is 15.8 Å². The first kappa shape index (κ1) is 14.7. The Labute approximate surface area is 117 Å². The first-order valence-electron chi connectivity index (χ1n) is 6.96. The van der Waals surface area contributed by atoms with Gasteiger partial charge in [0.25, 0.3) is 5.69 Å². The van der Waals surface area contributed by atoms with E-state index in [-0.39, 0.29) is 5.69 Å².